The summed E-state index contributed by atoms with van der Waals surface area (Å²) < 4.78 is 41.1. The van der Waals surface area contributed by atoms with E-state index in [-0.39, 0.29) is 34.5 Å². The quantitative estimate of drug-likeness (QED) is 0.409. The number of sulfone groups is 1. The van der Waals surface area contributed by atoms with Crippen molar-refractivity contribution >= 4 is 15.8 Å². The summed E-state index contributed by atoms with van der Waals surface area (Å²) in [5, 5.41) is 0. The SMILES string of the molecule is O=C(OCc1ncc(-c2ccccc2)o1)c1occc1CS(=O)(=O)c1ccccc1. The smallest absolute Gasteiger partial charge is 0.375 e. The first-order chi connectivity index (χ1) is 14.5. The van der Waals surface area contributed by atoms with Crippen molar-refractivity contribution in [1.29, 1.82) is 0 Å². The Morgan fingerprint density at radius 3 is 2.40 bits per heavy atom. The third-order valence-corrected chi connectivity index (χ3v) is 6.00. The summed E-state index contributed by atoms with van der Waals surface area (Å²) in [7, 11) is -3.63. The van der Waals surface area contributed by atoms with Gasteiger partial charge in [-0.1, -0.05) is 48.5 Å². The van der Waals surface area contributed by atoms with E-state index in [9.17, 15) is 13.2 Å². The number of hydrogen-bond acceptors (Lipinski definition) is 7. The summed E-state index contributed by atoms with van der Waals surface area (Å²) in [6, 6.07) is 18.8. The minimum Gasteiger partial charge on any atom is -0.457 e. The number of oxazole rings is 1. The first kappa shape index (κ1) is 19.7. The molecule has 0 aliphatic rings. The molecular weight excluding hydrogens is 406 g/mol. The predicted octanol–water partition coefficient (Wildman–Crippen LogP) is 4.27. The van der Waals surface area contributed by atoms with E-state index in [4.69, 9.17) is 13.6 Å². The highest BCUT2D eigenvalue weighted by Gasteiger charge is 2.24. The van der Waals surface area contributed by atoms with Crippen LogP contribution in [0.4, 0.5) is 0 Å². The van der Waals surface area contributed by atoms with Crippen molar-refractivity contribution in [2.45, 2.75) is 17.3 Å². The fourth-order valence-corrected chi connectivity index (χ4v) is 4.23. The molecule has 7 nitrogen and oxygen atoms in total. The maximum atomic E-state index is 12.6. The Morgan fingerprint density at radius 1 is 0.967 bits per heavy atom. The van der Waals surface area contributed by atoms with Crippen molar-refractivity contribution in [3.8, 4) is 11.3 Å². The Hall–Kier alpha value is -3.65. The second kappa shape index (κ2) is 8.38. The van der Waals surface area contributed by atoms with Gasteiger partial charge in [0.2, 0.25) is 11.7 Å². The summed E-state index contributed by atoms with van der Waals surface area (Å²) in [5.41, 5.74) is 1.07. The normalized spacial score (nSPS) is 11.3. The largest absolute Gasteiger partial charge is 0.457 e. The lowest BCUT2D eigenvalue weighted by Crippen LogP contribution is -2.10. The lowest BCUT2D eigenvalue weighted by atomic mass is 10.2. The molecule has 0 radical (unpaired) electrons. The van der Waals surface area contributed by atoms with E-state index in [0.717, 1.165) is 5.56 Å². The Balaban J connectivity index is 1.43. The predicted molar refractivity (Wildman–Crippen MR) is 107 cm³/mol. The van der Waals surface area contributed by atoms with E-state index >= 15 is 0 Å². The van der Waals surface area contributed by atoms with Crippen molar-refractivity contribution in [2.24, 2.45) is 0 Å². The van der Waals surface area contributed by atoms with Crippen molar-refractivity contribution < 1.29 is 26.8 Å². The van der Waals surface area contributed by atoms with Gasteiger partial charge in [0.15, 0.2) is 22.2 Å². The number of benzene rings is 2. The molecule has 2 aromatic carbocycles. The van der Waals surface area contributed by atoms with Crippen LogP contribution in [0.15, 0.2) is 92.9 Å². The van der Waals surface area contributed by atoms with Gasteiger partial charge in [0.25, 0.3) is 0 Å². The summed E-state index contributed by atoms with van der Waals surface area (Å²) in [4.78, 5) is 16.7. The fourth-order valence-electron chi connectivity index (χ4n) is 2.85. The van der Waals surface area contributed by atoms with Crippen LogP contribution in [0.5, 0.6) is 0 Å². The van der Waals surface area contributed by atoms with Crippen LogP contribution in [0.3, 0.4) is 0 Å². The Kier molecular flexibility index (Phi) is 5.49. The van der Waals surface area contributed by atoms with Gasteiger partial charge in [0.05, 0.1) is 23.1 Å². The third kappa shape index (κ3) is 4.33. The second-order valence-electron chi connectivity index (χ2n) is 6.41. The van der Waals surface area contributed by atoms with Gasteiger partial charge in [-0.25, -0.2) is 18.2 Å². The molecule has 0 saturated carbocycles. The first-order valence-corrected chi connectivity index (χ1v) is 10.7. The monoisotopic (exact) mass is 423 g/mol. The molecule has 0 aliphatic heterocycles. The molecule has 0 aliphatic carbocycles. The molecule has 0 amide bonds. The van der Waals surface area contributed by atoms with Crippen molar-refractivity contribution in [2.75, 3.05) is 0 Å². The van der Waals surface area contributed by atoms with Crippen LogP contribution in [0.2, 0.25) is 0 Å². The molecule has 0 spiro atoms. The fraction of sp³-hybridized carbons (Fsp3) is 0.0909. The molecule has 0 fully saturated rings. The van der Waals surface area contributed by atoms with Crippen LogP contribution in [-0.2, 0) is 26.9 Å². The molecule has 0 atom stereocenters. The van der Waals surface area contributed by atoms with Crippen LogP contribution in [0.25, 0.3) is 11.3 Å². The first-order valence-electron chi connectivity index (χ1n) is 9.04. The van der Waals surface area contributed by atoms with Gasteiger partial charge in [-0.2, -0.15) is 0 Å². The van der Waals surface area contributed by atoms with Crippen molar-refractivity contribution in [3.05, 3.63) is 96.4 Å². The average Bonchev–Trinajstić information content (AvgIpc) is 3.43. The maximum absolute atomic E-state index is 12.6. The van der Waals surface area contributed by atoms with E-state index < -0.39 is 15.8 Å². The topological polar surface area (TPSA) is 99.6 Å². The van der Waals surface area contributed by atoms with E-state index in [1.807, 2.05) is 30.3 Å². The van der Waals surface area contributed by atoms with Gasteiger partial charge in [-0.3, -0.25) is 0 Å². The number of carbonyl (C=O) groups excluding carboxylic acids is 1. The van der Waals surface area contributed by atoms with Gasteiger partial charge in [-0.05, 0) is 18.2 Å². The zero-order valence-electron chi connectivity index (χ0n) is 15.7. The number of carbonyl (C=O) groups is 1. The average molecular weight is 423 g/mol. The van der Waals surface area contributed by atoms with Crippen molar-refractivity contribution in [3.63, 3.8) is 0 Å². The van der Waals surface area contributed by atoms with Crippen LogP contribution < -0.4 is 0 Å². The highest BCUT2D eigenvalue weighted by molar-refractivity contribution is 7.90. The van der Waals surface area contributed by atoms with Crippen LogP contribution in [-0.4, -0.2) is 19.4 Å². The molecular formula is C22H17NO6S. The minimum atomic E-state index is -3.63. The highest BCUT2D eigenvalue weighted by Crippen LogP contribution is 2.22. The van der Waals surface area contributed by atoms with Gasteiger partial charge >= 0.3 is 5.97 Å². The van der Waals surface area contributed by atoms with Crippen molar-refractivity contribution in [1.82, 2.24) is 4.98 Å². The molecule has 0 saturated heterocycles. The molecule has 0 bridgehead atoms. The Morgan fingerprint density at radius 2 is 1.67 bits per heavy atom. The van der Waals surface area contributed by atoms with E-state index in [2.05, 4.69) is 4.98 Å². The molecule has 4 rings (SSSR count). The number of esters is 1. The third-order valence-electron chi connectivity index (χ3n) is 4.32. The van der Waals surface area contributed by atoms with E-state index in [1.165, 1.54) is 24.5 Å². The van der Waals surface area contributed by atoms with Crippen LogP contribution >= 0.6 is 0 Å². The second-order valence-corrected chi connectivity index (χ2v) is 8.40. The number of aromatic nitrogens is 1. The molecule has 152 valence electrons. The number of rotatable bonds is 7. The van der Waals surface area contributed by atoms with Crippen LogP contribution in [0, 0.1) is 0 Å². The molecule has 30 heavy (non-hydrogen) atoms. The highest BCUT2D eigenvalue weighted by atomic mass is 32.2. The minimum absolute atomic E-state index is 0.163. The molecule has 0 unspecified atom stereocenters. The zero-order chi connectivity index (χ0) is 21.0. The molecule has 0 N–H and O–H groups in total. The summed E-state index contributed by atoms with van der Waals surface area (Å²) in [6.07, 6.45) is 2.80. The lowest BCUT2D eigenvalue weighted by Gasteiger charge is -2.05. The number of furan rings is 1. The summed E-state index contributed by atoms with van der Waals surface area (Å²) in [5.74, 6) is -0.571. The number of ether oxygens (including phenoxy) is 1. The van der Waals surface area contributed by atoms with E-state index in [1.54, 1.807) is 24.4 Å². The molecule has 2 heterocycles. The lowest BCUT2D eigenvalue weighted by molar-refractivity contribution is 0.0401. The van der Waals surface area contributed by atoms with Gasteiger partial charge < -0.3 is 13.6 Å². The molecule has 8 heteroatoms. The summed E-state index contributed by atoms with van der Waals surface area (Å²) in [6.45, 7) is -0.211. The maximum Gasteiger partial charge on any atom is 0.375 e. The Bertz CT molecular complexity index is 1240. The molecule has 4 aromatic rings. The van der Waals surface area contributed by atoms with E-state index in [0.29, 0.717) is 5.76 Å². The number of hydrogen-bond donors (Lipinski definition) is 0. The number of nitrogens with zero attached hydrogens (tertiary/aromatic N) is 1. The standard InChI is InChI=1S/C22H17NO6S/c24-22(28-14-20-23-13-19(29-20)16-7-3-1-4-8-16)21-17(11-12-27-21)15-30(25,26)18-9-5-2-6-10-18/h1-13H,14-15H2. The Labute approximate surface area is 172 Å². The summed E-state index contributed by atoms with van der Waals surface area (Å²) >= 11 is 0. The van der Waals surface area contributed by atoms with Gasteiger partial charge in [0.1, 0.15) is 0 Å². The molecule has 2 aromatic heterocycles. The zero-order valence-corrected chi connectivity index (χ0v) is 16.5. The van der Waals surface area contributed by atoms with Gasteiger partial charge in [0, 0.05) is 11.1 Å². The van der Waals surface area contributed by atoms with Crippen LogP contribution in [0.1, 0.15) is 22.0 Å². The van der Waals surface area contributed by atoms with Gasteiger partial charge in [-0.15, -0.1) is 0 Å².